The smallest absolute Gasteiger partial charge is 0.222 e. The molecule has 1 N–H and O–H groups in total. The average molecular weight is 449 g/mol. The summed E-state index contributed by atoms with van der Waals surface area (Å²) in [4.78, 5) is 24.2. The zero-order valence-corrected chi connectivity index (χ0v) is 18.4. The second kappa shape index (κ2) is 8.65. The first-order valence-electron chi connectivity index (χ1n) is 10.3. The van der Waals surface area contributed by atoms with Crippen LogP contribution in [0.2, 0.25) is 5.02 Å². The summed E-state index contributed by atoms with van der Waals surface area (Å²) >= 11 is 7.68. The summed E-state index contributed by atoms with van der Waals surface area (Å²) in [5.74, 6) is 0.990. The van der Waals surface area contributed by atoms with Crippen LogP contribution < -0.4 is 5.32 Å². The van der Waals surface area contributed by atoms with E-state index in [-0.39, 0.29) is 11.9 Å². The van der Waals surface area contributed by atoms with Crippen LogP contribution in [0.1, 0.15) is 24.4 Å². The van der Waals surface area contributed by atoms with E-state index in [1.165, 1.54) is 0 Å². The molecule has 4 aromatic rings. The summed E-state index contributed by atoms with van der Waals surface area (Å²) in [6.07, 6.45) is 3.14. The summed E-state index contributed by atoms with van der Waals surface area (Å²) in [5, 5.41) is 7.43. The molecule has 1 fully saturated rings. The summed E-state index contributed by atoms with van der Waals surface area (Å²) < 4.78 is 0. The minimum absolute atomic E-state index is 0.0701. The average Bonchev–Trinajstić information content (AvgIpc) is 3.41. The second-order valence-corrected chi connectivity index (χ2v) is 8.90. The lowest BCUT2D eigenvalue weighted by molar-refractivity contribution is -0.127. The van der Waals surface area contributed by atoms with Crippen LogP contribution in [0.15, 0.2) is 66.3 Å². The van der Waals surface area contributed by atoms with Gasteiger partial charge in [0.05, 0.1) is 11.4 Å². The second-order valence-electron chi connectivity index (χ2n) is 7.61. The highest BCUT2D eigenvalue weighted by atomic mass is 35.5. The molecule has 1 atom stereocenters. The highest BCUT2D eigenvalue weighted by molar-refractivity contribution is 7.17. The van der Waals surface area contributed by atoms with E-state index in [0.717, 1.165) is 45.7 Å². The van der Waals surface area contributed by atoms with Gasteiger partial charge in [-0.25, -0.2) is 9.97 Å². The van der Waals surface area contributed by atoms with Crippen LogP contribution in [-0.2, 0) is 4.79 Å². The third-order valence-corrected chi connectivity index (χ3v) is 6.75. The Bertz CT molecular complexity index is 1210. The molecule has 1 amide bonds. The van der Waals surface area contributed by atoms with Crippen molar-refractivity contribution in [1.29, 1.82) is 0 Å². The van der Waals surface area contributed by atoms with Gasteiger partial charge in [-0.05, 0) is 29.7 Å². The number of likely N-dealkylation sites (tertiary alicyclic amines) is 1. The van der Waals surface area contributed by atoms with Crippen molar-refractivity contribution in [2.24, 2.45) is 0 Å². The molecule has 0 saturated carbocycles. The number of hydrogen-bond acceptors (Lipinski definition) is 5. The molecule has 2 aromatic heterocycles. The molecule has 1 saturated heterocycles. The zero-order chi connectivity index (χ0) is 21.2. The fourth-order valence-electron chi connectivity index (χ4n) is 4.03. The van der Waals surface area contributed by atoms with Crippen LogP contribution in [0, 0.1) is 0 Å². The number of benzene rings is 2. The van der Waals surface area contributed by atoms with Gasteiger partial charge in [0, 0.05) is 35.5 Å². The minimum atomic E-state index is -0.0701. The Kier molecular flexibility index (Phi) is 5.57. The first kappa shape index (κ1) is 20.0. The van der Waals surface area contributed by atoms with Crippen molar-refractivity contribution < 1.29 is 4.79 Å². The van der Waals surface area contributed by atoms with Gasteiger partial charge >= 0.3 is 0 Å². The monoisotopic (exact) mass is 448 g/mol. The predicted molar refractivity (Wildman–Crippen MR) is 126 cm³/mol. The normalized spacial score (nSPS) is 14.9. The molecule has 1 unspecified atom stereocenters. The van der Waals surface area contributed by atoms with Crippen molar-refractivity contribution in [3.63, 3.8) is 0 Å². The lowest BCUT2D eigenvalue weighted by Crippen LogP contribution is -2.32. The topological polar surface area (TPSA) is 58.1 Å². The number of amides is 1. The van der Waals surface area contributed by atoms with Crippen LogP contribution in [0.5, 0.6) is 0 Å². The lowest BCUT2D eigenvalue weighted by Gasteiger charge is -2.26. The predicted octanol–water partition coefficient (Wildman–Crippen LogP) is 5.79. The van der Waals surface area contributed by atoms with Crippen molar-refractivity contribution in [3.05, 3.63) is 76.9 Å². The number of anilines is 1. The van der Waals surface area contributed by atoms with Crippen LogP contribution in [-0.4, -0.2) is 33.9 Å². The van der Waals surface area contributed by atoms with Gasteiger partial charge in [0.2, 0.25) is 5.91 Å². The molecular weight excluding hydrogens is 428 g/mol. The molecule has 0 spiro atoms. The first-order valence-corrected chi connectivity index (χ1v) is 11.5. The quantitative estimate of drug-likeness (QED) is 0.405. The number of rotatable bonds is 6. The molecule has 1 aliphatic heterocycles. The van der Waals surface area contributed by atoms with E-state index in [1.807, 2.05) is 47.4 Å². The molecule has 31 heavy (non-hydrogen) atoms. The van der Waals surface area contributed by atoms with Gasteiger partial charge < -0.3 is 10.2 Å². The Hall–Kier alpha value is -2.96. The Morgan fingerprint density at radius 2 is 1.90 bits per heavy atom. The molecular formula is C24H21ClN4OS. The molecule has 3 heterocycles. The van der Waals surface area contributed by atoms with Gasteiger partial charge in [0.1, 0.15) is 17.0 Å². The van der Waals surface area contributed by atoms with Crippen molar-refractivity contribution in [2.45, 2.75) is 18.9 Å². The van der Waals surface area contributed by atoms with E-state index in [4.69, 9.17) is 11.6 Å². The molecule has 7 heteroatoms. The maximum Gasteiger partial charge on any atom is 0.222 e. The van der Waals surface area contributed by atoms with Gasteiger partial charge in [-0.3, -0.25) is 4.79 Å². The molecule has 156 valence electrons. The van der Waals surface area contributed by atoms with Crippen LogP contribution in [0.3, 0.4) is 0 Å². The third-order valence-electron chi connectivity index (χ3n) is 5.61. The van der Waals surface area contributed by atoms with Crippen LogP contribution in [0.25, 0.3) is 21.3 Å². The molecule has 2 aromatic carbocycles. The summed E-state index contributed by atoms with van der Waals surface area (Å²) in [7, 11) is 0. The van der Waals surface area contributed by atoms with E-state index < -0.39 is 0 Å². The van der Waals surface area contributed by atoms with Gasteiger partial charge in [-0.2, -0.15) is 0 Å². The molecule has 1 aliphatic rings. The third kappa shape index (κ3) is 4.13. The Morgan fingerprint density at radius 1 is 1.10 bits per heavy atom. The molecule has 5 rings (SSSR count). The Balaban J connectivity index is 1.54. The summed E-state index contributed by atoms with van der Waals surface area (Å²) in [5.41, 5.74) is 3.26. The van der Waals surface area contributed by atoms with Crippen molar-refractivity contribution >= 4 is 44.9 Å². The number of nitrogens with one attached hydrogen (secondary N) is 1. The van der Waals surface area contributed by atoms with Gasteiger partial charge in [0.15, 0.2) is 0 Å². The molecule has 0 aliphatic carbocycles. The van der Waals surface area contributed by atoms with Crippen LogP contribution >= 0.6 is 22.9 Å². The van der Waals surface area contributed by atoms with Crippen LogP contribution in [0.4, 0.5) is 5.82 Å². The van der Waals surface area contributed by atoms with Gasteiger partial charge in [-0.1, -0.05) is 54.1 Å². The minimum Gasteiger partial charge on any atom is -0.361 e. The number of nitrogens with zero attached hydrogens (tertiary/aromatic N) is 3. The standard InChI is InChI=1S/C24H21ClN4OS/c25-18-10-8-16(9-11-18)19-14-31-24-22(19)23(26-15-27-24)28-20(17-5-2-1-3-6-17)13-29-12-4-7-21(29)30/h1-3,5-6,8-11,14-15,20H,4,7,12-13H2,(H,26,27,28). The summed E-state index contributed by atoms with van der Waals surface area (Å²) in [6, 6.07) is 18.0. The largest absolute Gasteiger partial charge is 0.361 e. The van der Waals surface area contributed by atoms with E-state index >= 15 is 0 Å². The van der Waals surface area contributed by atoms with Crippen molar-refractivity contribution in [1.82, 2.24) is 14.9 Å². The SMILES string of the molecule is O=C1CCCN1CC(Nc1ncnc2scc(-c3ccc(Cl)cc3)c12)c1ccccc1. The number of thiophene rings is 1. The zero-order valence-electron chi connectivity index (χ0n) is 16.8. The molecule has 5 nitrogen and oxygen atoms in total. The van der Waals surface area contributed by atoms with Gasteiger partial charge in [0.25, 0.3) is 0 Å². The van der Waals surface area contributed by atoms with Crippen molar-refractivity contribution in [3.8, 4) is 11.1 Å². The number of fused-ring (bicyclic) bond motifs is 1. The number of halogens is 1. The fraction of sp³-hybridized carbons (Fsp3) is 0.208. The first-order chi connectivity index (χ1) is 15.2. The Labute approximate surface area is 189 Å². The van der Waals surface area contributed by atoms with E-state index in [2.05, 4.69) is 32.8 Å². The van der Waals surface area contributed by atoms with Gasteiger partial charge in [-0.15, -0.1) is 11.3 Å². The number of carbonyl (C=O) groups excluding carboxylic acids is 1. The molecule has 0 bridgehead atoms. The summed E-state index contributed by atoms with van der Waals surface area (Å²) in [6.45, 7) is 1.41. The fourth-order valence-corrected chi connectivity index (χ4v) is 5.07. The molecule has 0 radical (unpaired) electrons. The van der Waals surface area contributed by atoms with Crippen molar-refractivity contribution in [2.75, 3.05) is 18.4 Å². The van der Waals surface area contributed by atoms with E-state index in [1.54, 1.807) is 17.7 Å². The highest BCUT2D eigenvalue weighted by Crippen LogP contribution is 2.38. The van der Waals surface area contributed by atoms with E-state index in [9.17, 15) is 4.79 Å². The maximum atomic E-state index is 12.3. The Morgan fingerprint density at radius 3 is 2.65 bits per heavy atom. The number of hydrogen-bond donors (Lipinski definition) is 1. The number of carbonyl (C=O) groups is 1. The van der Waals surface area contributed by atoms with E-state index in [0.29, 0.717) is 18.0 Å². The highest BCUT2D eigenvalue weighted by Gasteiger charge is 2.25. The number of aromatic nitrogens is 2. The maximum absolute atomic E-state index is 12.3. The lowest BCUT2D eigenvalue weighted by atomic mass is 10.0.